The van der Waals surface area contributed by atoms with Gasteiger partial charge in [-0.15, -0.1) is 0 Å². The second-order valence-corrected chi connectivity index (χ2v) is 7.14. The SMILES string of the molecule is CC(C)(C)N(Cc1ccccc1)CC(O)COc1ccc(C#N)cc1. The van der Waals surface area contributed by atoms with Crippen LogP contribution < -0.4 is 4.74 Å². The summed E-state index contributed by atoms with van der Waals surface area (Å²) in [4.78, 5) is 2.25. The molecule has 4 nitrogen and oxygen atoms in total. The summed E-state index contributed by atoms with van der Waals surface area (Å²) in [5, 5.41) is 19.2. The van der Waals surface area contributed by atoms with Gasteiger partial charge in [-0.05, 0) is 50.6 Å². The van der Waals surface area contributed by atoms with Crippen LogP contribution in [0.3, 0.4) is 0 Å². The van der Waals surface area contributed by atoms with E-state index in [1.54, 1.807) is 24.3 Å². The summed E-state index contributed by atoms with van der Waals surface area (Å²) in [7, 11) is 0. The van der Waals surface area contributed by atoms with Crippen LogP contribution in [0.4, 0.5) is 0 Å². The van der Waals surface area contributed by atoms with Crippen molar-refractivity contribution in [3.05, 3.63) is 65.7 Å². The summed E-state index contributed by atoms with van der Waals surface area (Å²) in [5.74, 6) is 0.656. The first-order valence-electron chi connectivity index (χ1n) is 8.48. The molecule has 0 spiro atoms. The molecule has 0 fully saturated rings. The molecule has 4 heteroatoms. The average Bonchev–Trinajstić information content (AvgIpc) is 2.60. The van der Waals surface area contributed by atoms with Crippen molar-refractivity contribution >= 4 is 0 Å². The molecule has 1 unspecified atom stereocenters. The van der Waals surface area contributed by atoms with Crippen LogP contribution in [-0.2, 0) is 6.54 Å². The topological polar surface area (TPSA) is 56.5 Å². The van der Waals surface area contributed by atoms with E-state index < -0.39 is 6.10 Å². The van der Waals surface area contributed by atoms with Crippen molar-refractivity contribution in [3.8, 4) is 11.8 Å². The van der Waals surface area contributed by atoms with Crippen molar-refractivity contribution in [1.29, 1.82) is 5.26 Å². The van der Waals surface area contributed by atoms with Crippen LogP contribution in [0.2, 0.25) is 0 Å². The molecule has 132 valence electrons. The normalized spacial score (nSPS) is 12.6. The Bertz CT molecular complexity index is 685. The lowest BCUT2D eigenvalue weighted by Crippen LogP contribution is -2.46. The maximum absolute atomic E-state index is 10.4. The van der Waals surface area contributed by atoms with Crippen molar-refractivity contribution in [2.24, 2.45) is 0 Å². The van der Waals surface area contributed by atoms with E-state index in [2.05, 4.69) is 43.9 Å². The van der Waals surface area contributed by atoms with Crippen LogP contribution in [-0.4, -0.2) is 34.8 Å². The molecule has 1 atom stereocenters. The van der Waals surface area contributed by atoms with Gasteiger partial charge >= 0.3 is 0 Å². The molecule has 2 rings (SSSR count). The molecule has 0 aliphatic carbocycles. The Morgan fingerprint density at radius 3 is 2.28 bits per heavy atom. The number of hydrogen-bond donors (Lipinski definition) is 1. The third-order valence-corrected chi connectivity index (χ3v) is 4.02. The third-order valence-electron chi connectivity index (χ3n) is 4.02. The second-order valence-electron chi connectivity index (χ2n) is 7.14. The highest BCUT2D eigenvalue weighted by molar-refractivity contribution is 5.34. The largest absolute Gasteiger partial charge is 0.491 e. The molecule has 0 radical (unpaired) electrons. The number of aliphatic hydroxyl groups excluding tert-OH is 1. The monoisotopic (exact) mass is 338 g/mol. The van der Waals surface area contributed by atoms with Crippen molar-refractivity contribution in [2.45, 2.75) is 39.0 Å². The third kappa shape index (κ3) is 6.22. The van der Waals surface area contributed by atoms with Gasteiger partial charge in [0.25, 0.3) is 0 Å². The molecule has 2 aromatic rings. The Kier molecular flexibility index (Phi) is 6.58. The zero-order valence-corrected chi connectivity index (χ0v) is 15.1. The highest BCUT2D eigenvalue weighted by Crippen LogP contribution is 2.18. The number of nitriles is 1. The highest BCUT2D eigenvalue weighted by Gasteiger charge is 2.24. The summed E-state index contributed by atoms with van der Waals surface area (Å²) >= 11 is 0. The van der Waals surface area contributed by atoms with Crippen molar-refractivity contribution in [2.75, 3.05) is 13.2 Å². The zero-order valence-electron chi connectivity index (χ0n) is 15.1. The van der Waals surface area contributed by atoms with E-state index in [0.29, 0.717) is 17.9 Å². The lowest BCUT2D eigenvalue weighted by molar-refractivity contribution is 0.0285. The predicted molar refractivity (Wildman–Crippen MR) is 99.3 cm³/mol. The van der Waals surface area contributed by atoms with E-state index in [-0.39, 0.29) is 12.1 Å². The Labute approximate surface area is 150 Å². The van der Waals surface area contributed by atoms with E-state index >= 15 is 0 Å². The number of benzene rings is 2. The number of nitrogens with zero attached hydrogens (tertiary/aromatic N) is 2. The van der Waals surface area contributed by atoms with Gasteiger partial charge in [-0.1, -0.05) is 30.3 Å². The molecule has 0 aliphatic rings. The average molecular weight is 338 g/mol. The van der Waals surface area contributed by atoms with Gasteiger partial charge in [-0.25, -0.2) is 0 Å². The van der Waals surface area contributed by atoms with Gasteiger partial charge in [0.05, 0.1) is 11.6 Å². The fourth-order valence-electron chi connectivity index (χ4n) is 2.50. The Morgan fingerprint density at radius 2 is 1.72 bits per heavy atom. The summed E-state index contributed by atoms with van der Waals surface area (Å²) in [5.41, 5.74) is 1.75. The number of rotatable bonds is 7. The van der Waals surface area contributed by atoms with Crippen LogP contribution in [0.1, 0.15) is 31.9 Å². The van der Waals surface area contributed by atoms with Crippen LogP contribution in [0, 0.1) is 11.3 Å². The van der Waals surface area contributed by atoms with Gasteiger partial charge < -0.3 is 9.84 Å². The van der Waals surface area contributed by atoms with Crippen LogP contribution in [0.25, 0.3) is 0 Å². The first-order valence-corrected chi connectivity index (χ1v) is 8.48. The fourth-order valence-corrected chi connectivity index (χ4v) is 2.50. The van der Waals surface area contributed by atoms with E-state index in [9.17, 15) is 5.11 Å². The Hall–Kier alpha value is -2.35. The minimum atomic E-state index is -0.599. The first-order chi connectivity index (χ1) is 11.9. The number of aliphatic hydroxyl groups is 1. The molecule has 0 heterocycles. The van der Waals surface area contributed by atoms with Gasteiger partial charge in [-0.3, -0.25) is 4.90 Å². The smallest absolute Gasteiger partial charge is 0.119 e. The molecule has 1 N–H and O–H groups in total. The quantitative estimate of drug-likeness (QED) is 0.838. The van der Waals surface area contributed by atoms with Gasteiger partial charge in [0.1, 0.15) is 18.5 Å². The van der Waals surface area contributed by atoms with Gasteiger partial charge in [-0.2, -0.15) is 5.26 Å². The van der Waals surface area contributed by atoms with Crippen molar-refractivity contribution < 1.29 is 9.84 Å². The van der Waals surface area contributed by atoms with Crippen LogP contribution >= 0.6 is 0 Å². The number of ether oxygens (including phenoxy) is 1. The molecule has 0 bridgehead atoms. The highest BCUT2D eigenvalue weighted by atomic mass is 16.5. The molecule has 0 aromatic heterocycles. The number of hydrogen-bond acceptors (Lipinski definition) is 4. The summed E-state index contributed by atoms with van der Waals surface area (Å²) in [6, 6.07) is 19.2. The maximum atomic E-state index is 10.4. The van der Waals surface area contributed by atoms with E-state index in [1.165, 1.54) is 5.56 Å². The molecular formula is C21H26N2O2. The molecule has 0 saturated heterocycles. The zero-order chi connectivity index (χ0) is 18.3. The van der Waals surface area contributed by atoms with Crippen LogP contribution in [0.15, 0.2) is 54.6 Å². The Balaban J connectivity index is 1.92. The standard InChI is InChI=1S/C21H26N2O2/c1-21(2,3)23(14-18-7-5-4-6-8-18)15-19(24)16-25-20-11-9-17(13-22)10-12-20/h4-12,19,24H,14-16H2,1-3H3. The number of β-amino-alcohol motifs (C(OH)–C–C–N with tert-alkyl or cyclic N) is 1. The maximum Gasteiger partial charge on any atom is 0.119 e. The molecule has 0 aliphatic heterocycles. The predicted octanol–water partition coefficient (Wildman–Crippen LogP) is 3.60. The lowest BCUT2D eigenvalue weighted by Gasteiger charge is -2.37. The molecular weight excluding hydrogens is 312 g/mol. The Morgan fingerprint density at radius 1 is 1.08 bits per heavy atom. The molecule has 0 amide bonds. The van der Waals surface area contributed by atoms with Gasteiger partial charge in [0.2, 0.25) is 0 Å². The molecule has 25 heavy (non-hydrogen) atoms. The molecule has 0 saturated carbocycles. The van der Waals surface area contributed by atoms with Gasteiger partial charge in [0, 0.05) is 18.6 Å². The van der Waals surface area contributed by atoms with Crippen molar-refractivity contribution in [1.82, 2.24) is 4.90 Å². The van der Waals surface area contributed by atoms with E-state index in [0.717, 1.165) is 6.54 Å². The lowest BCUT2D eigenvalue weighted by atomic mass is 10.0. The first kappa shape index (κ1) is 19.0. The minimum Gasteiger partial charge on any atom is -0.491 e. The van der Waals surface area contributed by atoms with Gasteiger partial charge in [0.15, 0.2) is 0 Å². The van der Waals surface area contributed by atoms with Crippen LogP contribution in [0.5, 0.6) is 5.75 Å². The fraction of sp³-hybridized carbons (Fsp3) is 0.381. The summed E-state index contributed by atoms with van der Waals surface area (Å²) in [6.45, 7) is 7.94. The second kappa shape index (κ2) is 8.66. The molecule has 2 aromatic carbocycles. The summed E-state index contributed by atoms with van der Waals surface area (Å²) < 4.78 is 5.64. The summed E-state index contributed by atoms with van der Waals surface area (Å²) in [6.07, 6.45) is -0.599. The van der Waals surface area contributed by atoms with E-state index in [4.69, 9.17) is 10.00 Å². The van der Waals surface area contributed by atoms with E-state index in [1.807, 2.05) is 18.2 Å². The minimum absolute atomic E-state index is 0.0642. The van der Waals surface area contributed by atoms with Crippen molar-refractivity contribution in [3.63, 3.8) is 0 Å².